The van der Waals surface area contributed by atoms with Crippen molar-refractivity contribution in [2.75, 3.05) is 5.73 Å². The monoisotopic (exact) mass is 257 g/mol. The number of alkyl halides is 3. The maximum absolute atomic E-state index is 12.5. The average Bonchev–Trinajstić information content (AvgIpc) is 1.78. The smallest absolute Gasteiger partial charge is 0.398 e. The third-order valence-corrected chi connectivity index (χ3v) is 1.99. The Balaban J connectivity index is 3.38. The first-order valence-corrected chi connectivity index (χ1v) is 3.93. The van der Waals surface area contributed by atoms with E-state index >= 15 is 0 Å². The molecule has 0 aliphatic carbocycles. The van der Waals surface area contributed by atoms with Crippen LogP contribution in [0.2, 0.25) is 0 Å². The topological polar surface area (TPSA) is 26.0 Å². The highest BCUT2D eigenvalue weighted by Gasteiger charge is 2.35. The van der Waals surface area contributed by atoms with Crippen LogP contribution in [0, 0.1) is 5.82 Å². The summed E-state index contributed by atoms with van der Waals surface area (Å²) in [5, 5.41) is 0. The normalized spacial score (nSPS) is 11.8. The highest BCUT2D eigenvalue weighted by Crippen LogP contribution is 2.38. The number of halogens is 5. The second-order valence-corrected chi connectivity index (χ2v) is 3.20. The molecule has 0 unspecified atom stereocenters. The quantitative estimate of drug-likeness (QED) is 0.561. The first-order valence-electron chi connectivity index (χ1n) is 3.14. The zero-order valence-corrected chi connectivity index (χ0v) is 7.71. The number of hydrogen-bond acceptors (Lipinski definition) is 1. The van der Waals surface area contributed by atoms with E-state index in [1.54, 1.807) is 0 Å². The van der Waals surface area contributed by atoms with Crippen LogP contribution in [0.3, 0.4) is 0 Å². The standard InChI is InChI=1S/C7H4BrF4N/c8-4-1-3(9)2-5(13)6(4)7(10,11)12/h1-2H,13H2. The molecule has 1 aromatic rings. The summed E-state index contributed by atoms with van der Waals surface area (Å²) >= 11 is 2.59. The molecule has 72 valence electrons. The predicted molar refractivity (Wildman–Crippen MR) is 43.5 cm³/mol. The molecule has 0 radical (unpaired) electrons. The molecule has 0 aliphatic heterocycles. The molecule has 1 nitrogen and oxygen atoms in total. The Bertz CT molecular complexity index is 311. The van der Waals surface area contributed by atoms with Crippen molar-refractivity contribution < 1.29 is 17.6 Å². The predicted octanol–water partition coefficient (Wildman–Crippen LogP) is 3.19. The zero-order chi connectivity index (χ0) is 10.2. The van der Waals surface area contributed by atoms with E-state index in [-0.39, 0.29) is 0 Å². The van der Waals surface area contributed by atoms with Crippen LogP contribution in [-0.2, 0) is 6.18 Å². The van der Waals surface area contributed by atoms with Crippen molar-refractivity contribution in [1.82, 2.24) is 0 Å². The first-order chi connectivity index (χ1) is 5.82. The summed E-state index contributed by atoms with van der Waals surface area (Å²) in [5.41, 5.74) is 3.35. The van der Waals surface area contributed by atoms with E-state index in [2.05, 4.69) is 15.9 Å². The average molecular weight is 258 g/mol. The van der Waals surface area contributed by atoms with Crippen LogP contribution in [-0.4, -0.2) is 0 Å². The third-order valence-electron chi connectivity index (χ3n) is 1.37. The highest BCUT2D eigenvalue weighted by molar-refractivity contribution is 9.10. The van der Waals surface area contributed by atoms with Crippen LogP contribution in [0.15, 0.2) is 16.6 Å². The minimum Gasteiger partial charge on any atom is -0.398 e. The zero-order valence-electron chi connectivity index (χ0n) is 6.12. The number of nitrogens with two attached hydrogens (primary N) is 1. The van der Waals surface area contributed by atoms with Crippen LogP contribution < -0.4 is 5.73 Å². The van der Waals surface area contributed by atoms with Crippen LogP contribution in [0.5, 0.6) is 0 Å². The van der Waals surface area contributed by atoms with E-state index in [0.29, 0.717) is 6.07 Å². The Morgan fingerprint density at radius 2 is 1.77 bits per heavy atom. The number of hydrogen-bond donors (Lipinski definition) is 1. The maximum atomic E-state index is 12.5. The van der Waals surface area contributed by atoms with Gasteiger partial charge in [0.2, 0.25) is 0 Å². The van der Waals surface area contributed by atoms with Gasteiger partial charge in [0, 0.05) is 10.2 Å². The number of anilines is 1. The summed E-state index contributed by atoms with van der Waals surface area (Å²) in [4.78, 5) is 0. The van der Waals surface area contributed by atoms with Crippen molar-refractivity contribution >= 4 is 21.6 Å². The van der Waals surface area contributed by atoms with Gasteiger partial charge < -0.3 is 5.73 Å². The van der Waals surface area contributed by atoms with Crippen LogP contribution in [0.4, 0.5) is 23.2 Å². The Hall–Kier alpha value is -0.780. The van der Waals surface area contributed by atoms with Gasteiger partial charge in [-0.15, -0.1) is 0 Å². The fourth-order valence-electron chi connectivity index (χ4n) is 0.893. The van der Waals surface area contributed by atoms with Gasteiger partial charge in [-0.05, 0) is 28.1 Å². The Morgan fingerprint density at radius 1 is 1.23 bits per heavy atom. The van der Waals surface area contributed by atoms with Crippen molar-refractivity contribution in [3.05, 3.63) is 28.0 Å². The molecule has 0 saturated heterocycles. The van der Waals surface area contributed by atoms with Crippen LogP contribution in [0.1, 0.15) is 5.56 Å². The lowest BCUT2D eigenvalue weighted by Gasteiger charge is -2.11. The van der Waals surface area contributed by atoms with Crippen molar-refractivity contribution in [3.8, 4) is 0 Å². The fraction of sp³-hybridized carbons (Fsp3) is 0.143. The molecule has 0 heterocycles. The molecule has 13 heavy (non-hydrogen) atoms. The molecule has 0 fully saturated rings. The molecule has 1 rings (SSSR count). The molecule has 0 atom stereocenters. The summed E-state index contributed by atoms with van der Waals surface area (Å²) in [6, 6.07) is 1.35. The molecule has 0 amide bonds. The number of nitrogen functional groups attached to an aromatic ring is 1. The Kier molecular flexibility index (Phi) is 2.51. The van der Waals surface area contributed by atoms with Crippen LogP contribution in [0.25, 0.3) is 0 Å². The molecule has 1 aromatic carbocycles. The van der Waals surface area contributed by atoms with Crippen molar-refractivity contribution in [2.24, 2.45) is 0 Å². The molecule has 0 bridgehead atoms. The van der Waals surface area contributed by atoms with Gasteiger partial charge in [0.05, 0.1) is 5.56 Å². The minimum atomic E-state index is -4.57. The van der Waals surface area contributed by atoms with E-state index < -0.39 is 27.7 Å². The van der Waals surface area contributed by atoms with Crippen molar-refractivity contribution in [3.63, 3.8) is 0 Å². The molecule has 0 aromatic heterocycles. The second kappa shape index (κ2) is 3.17. The Labute approximate surface area is 79.7 Å². The molecule has 2 N–H and O–H groups in total. The summed E-state index contributed by atoms with van der Waals surface area (Å²) in [7, 11) is 0. The van der Waals surface area contributed by atoms with Gasteiger partial charge >= 0.3 is 6.18 Å². The van der Waals surface area contributed by atoms with E-state index in [1.165, 1.54) is 0 Å². The maximum Gasteiger partial charge on any atom is 0.419 e. The van der Waals surface area contributed by atoms with Gasteiger partial charge in [-0.3, -0.25) is 0 Å². The fourth-order valence-corrected chi connectivity index (χ4v) is 1.56. The lowest BCUT2D eigenvalue weighted by molar-refractivity contribution is -0.137. The summed E-state index contributed by atoms with van der Waals surface area (Å²) in [6.07, 6.45) is -4.57. The minimum absolute atomic E-state index is 0.391. The highest BCUT2D eigenvalue weighted by atomic mass is 79.9. The molecular weight excluding hydrogens is 254 g/mol. The lowest BCUT2D eigenvalue weighted by atomic mass is 10.2. The summed E-state index contributed by atoms with van der Waals surface area (Å²) in [6.45, 7) is 0. The molecule has 6 heteroatoms. The van der Waals surface area contributed by atoms with E-state index in [9.17, 15) is 17.6 Å². The van der Waals surface area contributed by atoms with Crippen LogP contribution >= 0.6 is 15.9 Å². The number of benzene rings is 1. The van der Waals surface area contributed by atoms with E-state index in [1.807, 2.05) is 0 Å². The van der Waals surface area contributed by atoms with E-state index in [0.717, 1.165) is 6.07 Å². The molecule has 0 spiro atoms. The molecule has 0 aliphatic rings. The van der Waals surface area contributed by atoms with Crippen molar-refractivity contribution in [1.29, 1.82) is 0 Å². The van der Waals surface area contributed by atoms with Gasteiger partial charge in [0.15, 0.2) is 0 Å². The van der Waals surface area contributed by atoms with Gasteiger partial charge in [0.1, 0.15) is 5.82 Å². The Morgan fingerprint density at radius 3 is 2.15 bits per heavy atom. The van der Waals surface area contributed by atoms with Gasteiger partial charge in [-0.1, -0.05) is 0 Å². The first kappa shape index (κ1) is 10.3. The van der Waals surface area contributed by atoms with Gasteiger partial charge in [-0.25, -0.2) is 4.39 Å². The van der Waals surface area contributed by atoms with E-state index in [4.69, 9.17) is 5.73 Å². The third kappa shape index (κ3) is 2.12. The lowest BCUT2D eigenvalue weighted by Crippen LogP contribution is -2.10. The van der Waals surface area contributed by atoms with Gasteiger partial charge in [0.25, 0.3) is 0 Å². The van der Waals surface area contributed by atoms with Gasteiger partial charge in [-0.2, -0.15) is 13.2 Å². The second-order valence-electron chi connectivity index (χ2n) is 2.35. The molecule has 0 saturated carbocycles. The summed E-state index contributed by atoms with van der Waals surface area (Å²) in [5.74, 6) is -0.808. The molecular formula is C7H4BrF4N. The van der Waals surface area contributed by atoms with Crippen molar-refractivity contribution in [2.45, 2.75) is 6.18 Å². The number of rotatable bonds is 0. The largest absolute Gasteiger partial charge is 0.419 e. The SMILES string of the molecule is Nc1cc(F)cc(Br)c1C(F)(F)F. The summed E-state index contributed by atoms with van der Waals surface area (Å²) < 4.78 is 48.8.